The van der Waals surface area contributed by atoms with Crippen molar-refractivity contribution >= 4 is 17.7 Å². The van der Waals surface area contributed by atoms with Crippen LogP contribution < -0.4 is 0 Å². The van der Waals surface area contributed by atoms with Gasteiger partial charge in [0.2, 0.25) is 0 Å². The van der Waals surface area contributed by atoms with Gasteiger partial charge in [0.1, 0.15) is 0 Å². The Labute approximate surface area is 62.4 Å². The van der Waals surface area contributed by atoms with Crippen molar-refractivity contribution in [3.8, 4) is 0 Å². The van der Waals surface area contributed by atoms with Gasteiger partial charge in [-0.15, -0.1) is 0 Å². The van der Waals surface area contributed by atoms with E-state index in [1.807, 2.05) is 27.7 Å². The highest BCUT2D eigenvalue weighted by atomic mass is 32.2. The maximum absolute atomic E-state index is 3.96. The monoisotopic (exact) mass is 145 g/mol. The molecule has 54 valence electrons. The third kappa shape index (κ3) is 18.2. The normalized spacial score (nSPS) is 6.67. The van der Waals surface area contributed by atoms with Crippen molar-refractivity contribution in [3.63, 3.8) is 0 Å². The minimum atomic E-state index is 1.07. The minimum Gasteiger partial charge on any atom is -0.222 e. The number of nitrogens with zero attached hydrogens (tertiary/aromatic N) is 1. The molecule has 0 aromatic heterocycles. The van der Waals surface area contributed by atoms with Crippen LogP contribution in [0.15, 0.2) is 16.4 Å². The molecule has 0 fully saturated rings. The Morgan fingerprint density at radius 1 is 1.44 bits per heavy atom. The van der Waals surface area contributed by atoms with Gasteiger partial charge in [0.05, 0.1) is 0 Å². The van der Waals surface area contributed by atoms with Crippen LogP contribution in [0.2, 0.25) is 0 Å². The summed E-state index contributed by atoms with van der Waals surface area (Å²) in [5, 5.41) is 1.70. The molecule has 0 rings (SSSR count). The Kier molecular flexibility index (Phi) is 13.7. The van der Waals surface area contributed by atoms with Gasteiger partial charge in [-0.1, -0.05) is 20.4 Å². The highest BCUT2D eigenvalue weighted by molar-refractivity contribution is 8.01. The Morgan fingerprint density at radius 2 is 1.89 bits per heavy atom. The third-order valence-corrected chi connectivity index (χ3v) is 0.929. The second-order valence-electron chi connectivity index (χ2n) is 1.31. The van der Waals surface area contributed by atoms with E-state index >= 15 is 0 Å². The molecule has 0 aliphatic carbocycles. The maximum atomic E-state index is 3.96. The van der Waals surface area contributed by atoms with Crippen molar-refractivity contribution < 1.29 is 0 Å². The molecule has 0 aliphatic rings. The van der Waals surface area contributed by atoms with Crippen LogP contribution in [-0.4, -0.2) is 5.71 Å². The lowest BCUT2D eigenvalue weighted by Crippen LogP contribution is -1.72. The predicted octanol–water partition coefficient (Wildman–Crippen LogP) is 3.29. The van der Waals surface area contributed by atoms with Crippen LogP contribution in [0.25, 0.3) is 0 Å². The molecule has 9 heavy (non-hydrogen) atoms. The van der Waals surface area contributed by atoms with Crippen LogP contribution in [-0.2, 0) is 0 Å². The van der Waals surface area contributed by atoms with Gasteiger partial charge < -0.3 is 0 Å². The average molecular weight is 145 g/mol. The van der Waals surface area contributed by atoms with E-state index in [-0.39, 0.29) is 0 Å². The lowest BCUT2D eigenvalue weighted by atomic mass is 10.5. The third-order valence-electron chi connectivity index (χ3n) is 0.310. The Bertz CT molecular complexity index is 82.9. The van der Waals surface area contributed by atoms with Crippen molar-refractivity contribution in [3.05, 3.63) is 12.0 Å². The van der Waals surface area contributed by atoms with Crippen molar-refractivity contribution in [1.29, 1.82) is 0 Å². The first-order valence-electron chi connectivity index (χ1n) is 3.05. The van der Waals surface area contributed by atoms with Gasteiger partial charge in [-0.3, -0.25) is 0 Å². The second kappa shape index (κ2) is 10.7. The molecular formula is C7H15NS. The molecule has 0 heterocycles. The summed E-state index contributed by atoms with van der Waals surface area (Å²) in [5.74, 6) is 0. The van der Waals surface area contributed by atoms with Crippen molar-refractivity contribution in [2.24, 2.45) is 4.40 Å². The highest BCUT2D eigenvalue weighted by Crippen LogP contribution is 2.00. The lowest BCUT2D eigenvalue weighted by Gasteiger charge is -1.81. The molecule has 0 unspecified atom stereocenters. The standard InChI is InChI=1S/C5H9NS.C2H6/c1-4-7-6-5(2)3;1-2/h4H,1H2,2-3H3;1-2H3. The molecule has 0 amide bonds. The quantitative estimate of drug-likeness (QED) is 0.429. The van der Waals surface area contributed by atoms with Crippen molar-refractivity contribution in [2.45, 2.75) is 27.7 Å². The van der Waals surface area contributed by atoms with Crippen molar-refractivity contribution in [1.82, 2.24) is 0 Å². The van der Waals surface area contributed by atoms with Gasteiger partial charge in [-0.05, 0) is 19.3 Å². The molecule has 0 bridgehead atoms. The molecule has 0 saturated heterocycles. The largest absolute Gasteiger partial charge is 0.222 e. The number of rotatable bonds is 2. The molecule has 0 spiro atoms. The van der Waals surface area contributed by atoms with E-state index in [1.54, 1.807) is 5.41 Å². The first-order valence-corrected chi connectivity index (χ1v) is 3.89. The van der Waals surface area contributed by atoms with Crippen LogP contribution >= 0.6 is 11.9 Å². The lowest BCUT2D eigenvalue weighted by molar-refractivity contribution is 1.50. The summed E-state index contributed by atoms with van der Waals surface area (Å²) in [6, 6.07) is 0. The van der Waals surface area contributed by atoms with E-state index in [0.29, 0.717) is 0 Å². The zero-order chi connectivity index (χ0) is 7.70. The summed E-state index contributed by atoms with van der Waals surface area (Å²) in [7, 11) is 0. The molecule has 2 heteroatoms. The summed E-state index contributed by atoms with van der Waals surface area (Å²) in [6.07, 6.45) is 0. The summed E-state index contributed by atoms with van der Waals surface area (Å²) < 4.78 is 3.96. The van der Waals surface area contributed by atoms with Gasteiger partial charge in [-0.25, -0.2) is 4.40 Å². The molecule has 0 radical (unpaired) electrons. The fraction of sp³-hybridized carbons (Fsp3) is 0.571. The minimum absolute atomic E-state index is 1.07. The number of hydrogen-bond acceptors (Lipinski definition) is 2. The fourth-order valence-corrected chi connectivity index (χ4v) is 0.428. The van der Waals surface area contributed by atoms with Gasteiger partial charge in [0.15, 0.2) is 0 Å². The SMILES string of the molecule is C=CSN=C(C)C.CC. The van der Waals surface area contributed by atoms with Gasteiger partial charge in [-0.2, -0.15) is 0 Å². The first-order chi connectivity index (χ1) is 4.27. The van der Waals surface area contributed by atoms with E-state index in [0.717, 1.165) is 5.71 Å². The topological polar surface area (TPSA) is 12.4 Å². The summed E-state index contributed by atoms with van der Waals surface area (Å²) in [5.41, 5.74) is 1.07. The van der Waals surface area contributed by atoms with Gasteiger partial charge in [0, 0.05) is 17.7 Å². The molecule has 0 aromatic rings. The van der Waals surface area contributed by atoms with Gasteiger partial charge >= 0.3 is 0 Å². The van der Waals surface area contributed by atoms with Gasteiger partial charge in [0.25, 0.3) is 0 Å². The van der Waals surface area contributed by atoms with Crippen LogP contribution in [0.3, 0.4) is 0 Å². The smallest absolute Gasteiger partial charge is 0.0204 e. The van der Waals surface area contributed by atoms with Crippen LogP contribution in [0, 0.1) is 0 Å². The molecule has 0 aliphatic heterocycles. The molecule has 0 N–H and O–H groups in total. The molecular weight excluding hydrogens is 130 g/mol. The van der Waals surface area contributed by atoms with Crippen LogP contribution in [0.1, 0.15) is 27.7 Å². The second-order valence-corrected chi connectivity index (χ2v) is 2.04. The summed E-state index contributed by atoms with van der Waals surface area (Å²) >= 11 is 1.37. The molecule has 0 aromatic carbocycles. The van der Waals surface area contributed by atoms with E-state index < -0.39 is 0 Å². The summed E-state index contributed by atoms with van der Waals surface area (Å²) in [4.78, 5) is 0. The van der Waals surface area contributed by atoms with Crippen LogP contribution in [0.5, 0.6) is 0 Å². The first kappa shape index (κ1) is 11.5. The van der Waals surface area contributed by atoms with E-state index in [9.17, 15) is 0 Å². The Morgan fingerprint density at radius 3 is 2.00 bits per heavy atom. The summed E-state index contributed by atoms with van der Waals surface area (Å²) in [6.45, 7) is 11.4. The number of hydrogen-bond donors (Lipinski definition) is 0. The fourth-order valence-electron chi connectivity index (χ4n) is 0.143. The zero-order valence-electron chi connectivity index (χ0n) is 6.64. The van der Waals surface area contributed by atoms with E-state index in [4.69, 9.17) is 0 Å². The van der Waals surface area contributed by atoms with E-state index in [1.165, 1.54) is 11.9 Å². The molecule has 1 nitrogen and oxygen atoms in total. The average Bonchev–Trinajstić information content (AvgIpc) is 1.88. The van der Waals surface area contributed by atoms with E-state index in [2.05, 4.69) is 11.0 Å². The molecule has 0 saturated carbocycles. The Balaban J connectivity index is 0. The van der Waals surface area contributed by atoms with Crippen molar-refractivity contribution in [2.75, 3.05) is 0 Å². The molecule has 0 atom stereocenters. The maximum Gasteiger partial charge on any atom is 0.0204 e. The predicted molar refractivity (Wildman–Crippen MR) is 47.9 cm³/mol. The highest BCUT2D eigenvalue weighted by Gasteiger charge is 1.71. The Hall–Kier alpha value is -0.240. The zero-order valence-corrected chi connectivity index (χ0v) is 7.46. The van der Waals surface area contributed by atoms with Crippen LogP contribution in [0.4, 0.5) is 0 Å².